The zero-order valence-electron chi connectivity index (χ0n) is 11.1. The molecule has 0 spiro atoms. The van der Waals surface area contributed by atoms with Crippen molar-refractivity contribution in [1.82, 2.24) is 5.32 Å². The third-order valence-corrected chi connectivity index (χ3v) is 2.73. The van der Waals surface area contributed by atoms with Crippen LogP contribution >= 0.6 is 0 Å². The Morgan fingerprint density at radius 3 is 2.50 bits per heavy atom. The van der Waals surface area contributed by atoms with Gasteiger partial charge in [-0.1, -0.05) is 0 Å². The van der Waals surface area contributed by atoms with E-state index in [1.807, 2.05) is 0 Å². The van der Waals surface area contributed by atoms with Crippen molar-refractivity contribution >= 4 is 5.91 Å². The maximum atomic E-state index is 12.0. The van der Waals surface area contributed by atoms with Crippen LogP contribution in [-0.4, -0.2) is 23.9 Å². The largest absolute Gasteiger partial charge is 0.573 e. The average Bonchev–Trinajstić information content (AvgIpc) is 2.97. The van der Waals surface area contributed by atoms with Crippen LogP contribution in [0.2, 0.25) is 0 Å². The lowest BCUT2D eigenvalue weighted by atomic mass is 10.1. The highest BCUT2D eigenvalue weighted by molar-refractivity contribution is 5.94. The number of halogens is 3. The molecule has 8 heteroatoms. The summed E-state index contributed by atoms with van der Waals surface area (Å²) in [5.41, 5.74) is 0.656. The van der Waals surface area contributed by atoms with E-state index in [1.54, 1.807) is 6.07 Å². The number of aliphatic hydroxyl groups excluding tert-OH is 1. The highest BCUT2D eigenvalue weighted by atomic mass is 19.4. The van der Waals surface area contributed by atoms with Crippen molar-refractivity contribution in [3.8, 4) is 5.75 Å². The molecule has 1 aromatic heterocycles. The number of amides is 1. The van der Waals surface area contributed by atoms with Crippen LogP contribution in [0, 0.1) is 0 Å². The predicted octanol–water partition coefficient (Wildman–Crippen LogP) is 2.64. The predicted molar refractivity (Wildman–Crippen MR) is 69.1 cm³/mol. The van der Waals surface area contributed by atoms with E-state index in [2.05, 4.69) is 10.1 Å². The number of nitrogens with one attached hydrogen (secondary N) is 1. The van der Waals surface area contributed by atoms with Gasteiger partial charge in [0.2, 0.25) is 0 Å². The van der Waals surface area contributed by atoms with Gasteiger partial charge < -0.3 is 19.6 Å². The number of carbonyl (C=O) groups is 1. The topological polar surface area (TPSA) is 71.7 Å². The summed E-state index contributed by atoms with van der Waals surface area (Å²) in [7, 11) is 0. The zero-order valence-corrected chi connectivity index (χ0v) is 11.1. The Hall–Kier alpha value is -2.48. The summed E-state index contributed by atoms with van der Waals surface area (Å²) < 4.78 is 44.5. The van der Waals surface area contributed by atoms with Crippen LogP contribution in [0.5, 0.6) is 5.75 Å². The van der Waals surface area contributed by atoms with Gasteiger partial charge in [0.25, 0.3) is 5.91 Å². The lowest BCUT2D eigenvalue weighted by molar-refractivity contribution is -0.274. The highest BCUT2D eigenvalue weighted by Gasteiger charge is 2.31. The molecule has 2 aromatic rings. The molecule has 0 aliphatic carbocycles. The zero-order chi connectivity index (χ0) is 16.2. The second-order valence-electron chi connectivity index (χ2n) is 4.35. The number of ether oxygens (including phenoxy) is 1. The maximum absolute atomic E-state index is 12.0. The fraction of sp³-hybridized carbons (Fsp3) is 0.214. The average molecular weight is 315 g/mol. The van der Waals surface area contributed by atoms with Crippen LogP contribution in [-0.2, 0) is 0 Å². The molecule has 0 fully saturated rings. The molecule has 1 amide bonds. The molecule has 0 saturated heterocycles. The first-order valence-corrected chi connectivity index (χ1v) is 6.19. The van der Waals surface area contributed by atoms with Gasteiger partial charge in [0.15, 0.2) is 0 Å². The minimum absolute atomic E-state index is 0.0564. The molecule has 0 aliphatic rings. The van der Waals surface area contributed by atoms with Gasteiger partial charge in [-0.2, -0.15) is 0 Å². The van der Waals surface area contributed by atoms with Crippen molar-refractivity contribution in [3.05, 3.63) is 54.0 Å². The minimum Gasteiger partial charge on any atom is -0.472 e. The maximum Gasteiger partial charge on any atom is 0.573 e. The van der Waals surface area contributed by atoms with Crippen LogP contribution in [0.3, 0.4) is 0 Å². The van der Waals surface area contributed by atoms with Crippen molar-refractivity contribution < 1.29 is 32.2 Å². The van der Waals surface area contributed by atoms with Gasteiger partial charge >= 0.3 is 6.36 Å². The van der Waals surface area contributed by atoms with Gasteiger partial charge in [-0.3, -0.25) is 4.79 Å². The Bertz CT molecular complexity index is 608. The second kappa shape index (κ2) is 6.52. The Labute approximate surface area is 123 Å². The summed E-state index contributed by atoms with van der Waals surface area (Å²) in [4.78, 5) is 11.8. The third kappa shape index (κ3) is 4.52. The summed E-state index contributed by atoms with van der Waals surface area (Å²) in [5, 5.41) is 12.2. The van der Waals surface area contributed by atoms with Crippen molar-refractivity contribution in [2.75, 3.05) is 6.54 Å². The molecule has 0 unspecified atom stereocenters. The third-order valence-electron chi connectivity index (χ3n) is 2.73. The summed E-state index contributed by atoms with van der Waals surface area (Å²) in [6.07, 6.45) is -2.98. The van der Waals surface area contributed by atoms with Crippen molar-refractivity contribution in [2.45, 2.75) is 12.5 Å². The first-order chi connectivity index (χ1) is 10.3. The number of alkyl halides is 3. The van der Waals surface area contributed by atoms with Crippen molar-refractivity contribution in [2.24, 2.45) is 0 Å². The smallest absolute Gasteiger partial charge is 0.472 e. The number of furan rings is 1. The molecule has 22 heavy (non-hydrogen) atoms. The number of rotatable bonds is 5. The second-order valence-corrected chi connectivity index (χ2v) is 4.35. The van der Waals surface area contributed by atoms with Gasteiger partial charge in [-0.25, -0.2) is 0 Å². The molecular weight excluding hydrogens is 303 g/mol. The molecule has 1 aromatic carbocycles. The quantitative estimate of drug-likeness (QED) is 0.890. The van der Waals surface area contributed by atoms with Gasteiger partial charge in [0.1, 0.15) is 5.75 Å². The van der Waals surface area contributed by atoms with Gasteiger partial charge in [0.05, 0.1) is 18.6 Å². The fourth-order valence-corrected chi connectivity index (χ4v) is 1.68. The van der Waals surface area contributed by atoms with E-state index in [9.17, 15) is 23.1 Å². The van der Waals surface area contributed by atoms with E-state index >= 15 is 0 Å². The monoisotopic (exact) mass is 315 g/mol. The van der Waals surface area contributed by atoms with E-state index in [4.69, 9.17) is 4.42 Å². The number of benzene rings is 1. The molecule has 2 N–H and O–H groups in total. The first kappa shape index (κ1) is 15.9. The highest BCUT2D eigenvalue weighted by Crippen LogP contribution is 2.22. The molecular formula is C14H12F3NO4. The Kier molecular flexibility index (Phi) is 4.71. The molecule has 118 valence electrons. The summed E-state index contributed by atoms with van der Waals surface area (Å²) in [5.74, 6) is -0.941. The Morgan fingerprint density at radius 1 is 1.27 bits per heavy atom. The SMILES string of the molecule is O=C(NC[C@@H](O)c1ccoc1)c1ccc(OC(F)(F)F)cc1. The lowest BCUT2D eigenvalue weighted by Gasteiger charge is -2.11. The van der Waals surface area contributed by atoms with Crippen LogP contribution < -0.4 is 10.1 Å². The van der Waals surface area contributed by atoms with E-state index in [0.717, 1.165) is 12.1 Å². The van der Waals surface area contributed by atoms with Gasteiger partial charge in [-0.05, 0) is 30.3 Å². The number of aliphatic hydroxyl groups is 1. The Morgan fingerprint density at radius 2 is 1.95 bits per heavy atom. The van der Waals surface area contributed by atoms with Crippen LogP contribution in [0.4, 0.5) is 13.2 Å². The molecule has 0 radical (unpaired) electrons. The number of carbonyl (C=O) groups excluding carboxylic acids is 1. The standard InChI is InChI=1S/C14H12F3NO4/c15-14(16,17)22-11-3-1-9(2-4-11)13(20)18-7-12(19)10-5-6-21-8-10/h1-6,8,12,19H,7H2,(H,18,20)/t12-/m1/s1. The Balaban J connectivity index is 1.90. The van der Waals surface area contributed by atoms with E-state index in [0.29, 0.717) is 5.56 Å². The van der Waals surface area contributed by atoms with Crippen LogP contribution in [0.15, 0.2) is 47.3 Å². The van der Waals surface area contributed by atoms with Crippen molar-refractivity contribution in [3.63, 3.8) is 0 Å². The fourth-order valence-electron chi connectivity index (χ4n) is 1.68. The van der Waals surface area contributed by atoms with Crippen molar-refractivity contribution in [1.29, 1.82) is 0 Å². The van der Waals surface area contributed by atoms with E-state index < -0.39 is 24.1 Å². The molecule has 1 atom stereocenters. The molecule has 0 aliphatic heterocycles. The molecule has 1 heterocycles. The molecule has 0 bridgehead atoms. The molecule has 2 rings (SSSR count). The van der Waals surface area contributed by atoms with Gasteiger partial charge in [0, 0.05) is 17.7 Å². The van der Waals surface area contributed by atoms with Gasteiger partial charge in [-0.15, -0.1) is 13.2 Å². The molecule has 5 nitrogen and oxygen atoms in total. The summed E-state index contributed by atoms with van der Waals surface area (Å²) in [6, 6.07) is 6.02. The normalized spacial score (nSPS) is 12.7. The van der Waals surface area contributed by atoms with E-state index in [1.165, 1.54) is 24.7 Å². The molecule has 0 saturated carbocycles. The first-order valence-electron chi connectivity index (χ1n) is 6.19. The summed E-state index contributed by atoms with van der Waals surface area (Å²) in [6.45, 7) is -0.0564. The van der Waals surface area contributed by atoms with Crippen LogP contribution in [0.1, 0.15) is 22.0 Å². The van der Waals surface area contributed by atoms with E-state index in [-0.39, 0.29) is 12.1 Å². The van der Waals surface area contributed by atoms with Crippen LogP contribution in [0.25, 0.3) is 0 Å². The summed E-state index contributed by atoms with van der Waals surface area (Å²) >= 11 is 0. The minimum atomic E-state index is -4.78. The lowest BCUT2D eigenvalue weighted by Crippen LogP contribution is -2.28. The number of hydrogen-bond donors (Lipinski definition) is 2. The number of hydrogen-bond acceptors (Lipinski definition) is 4.